The lowest BCUT2D eigenvalue weighted by atomic mass is 10.3. The van der Waals surface area contributed by atoms with Gasteiger partial charge in [-0.15, -0.1) is 0 Å². The molecule has 2 N–H and O–H groups in total. The summed E-state index contributed by atoms with van der Waals surface area (Å²) in [5.41, 5.74) is 1.96. The van der Waals surface area contributed by atoms with E-state index < -0.39 is 0 Å². The van der Waals surface area contributed by atoms with Crippen LogP contribution in [0.25, 0.3) is 11.2 Å². The lowest BCUT2D eigenvalue weighted by Crippen LogP contribution is -2.14. The molecule has 22 heavy (non-hydrogen) atoms. The van der Waals surface area contributed by atoms with Crippen LogP contribution >= 0.6 is 11.8 Å². The lowest BCUT2D eigenvalue weighted by molar-refractivity contribution is -0.113. The molecule has 0 aliphatic carbocycles. The van der Waals surface area contributed by atoms with Crippen molar-refractivity contribution in [2.24, 2.45) is 0 Å². The zero-order chi connectivity index (χ0) is 15.4. The fourth-order valence-electron chi connectivity index (χ4n) is 1.92. The number of carbonyl (C=O) groups is 1. The van der Waals surface area contributed by atoms with E-state index in [-0.39, 0.29) is 11.7 Å². The van der Waals surface area contributed by atoms with E-state index in [1.807, 2.05) is 12.1 Å². The van der Waals surface area contributed by atoms with Crippen LogP contribution in [0.4, 0.5) is 5.69 Å². The number of aromatic amines is 1. The molecule has 1 amide bonds. The molecular weight excluding hydrogens is 302 g/mol. The minimum absolute atomic E-state index is 0.138. The highest BCUT2D eigenvalue weighted by Gasteiger charge is 2.11. The summed E-state index contributed by atoms with van der Waals surface area (Å²) >= 11 is 1.32. The molecule has 0 fully saturated rings. The van der Waals surface area contributed by atoms with Crippen LogP contribution in [-0.2, 0) is 4.79 Å². The molecule has 7 nitrogen and oxygen atoms in total. The standard InChI is InChI=1S/C14H13N5O2S/c1-21-10-5-3-2-4-9(10)19-11(20)6-22-14-12-13(16-7-15-12)17-8-18-14/h2-5,7-8H,6H2,1H3,(H,19,20)(H,15,16,17,18). The van der Waals surface area contributed by atoms with Crippen molar-refractivity contribution in [2.45, 2.75) is 5.03 Å². The number of imidazole rings is 1. The van der Waals surface area contributed by atoms with Crippen molar-refractivity contribution in [3.8, 4) is 5.75 Å². The largest absolute Gasteiger partial charge is 0.495 e. The van der Waals surface area contributed by atoms with Gasteiger partial charge in [-0.2, -0.15) is 0 Å². The normalized spacial score (nSPS) is 10.6. The van der Waals surface area contributed by atoms with E-state index in [9.17, 15) is 4.79 Å². The number of methoxy groups -OCH3 is 1. The average molecular weight is 315 g/mol. The molecule has 0 atom stereocenters. The first kappa shape index (κ1) is 14.3. The highest BCUT2D eigenvalue weighted by molar-refractivity contribution is 8.00. The van der Waals surface area contributed by atoms with Crippen LogP contribution in [0.1, 0.15) is 0 Å². The maximum atomic E-state index is 12.1. The SMILES string of the molecule is COc1ccccc1NC(=O)CSc1ncnc2nc[nH]c12. The van der Waals surface area contributed by atoms with Crippen LogP contribution in [0, 0.1) is 0 Å². The smallest absolute Gasteiger partial charge is 0.234 e. The van der Waals surface area contributed by atoms with Gasteiger partial charge in [-0.3, -0.25) is 4.79 Å². The molecule has 3 aromatic rings. The number of benzene rings is 1. The van der Waals surface area contributed by atoms with E-state index in [1.54, 1.807) is 25.6 Å². The Morgan fingerprint density at radius 1 is 1.32 bits per heavy atom. The Balaban J connectivity index is 1.66. The highest BCUT2D eigenvalue weighted by atomic mass is 32.2. The monoisotopic (exact) mass is 315 g/mol. The molecule has 2 heterocycles. The van der Waals surface area contributed by atoms with Crippen LogP contribution < -0.4 is 10.1 Å². The number of fused-ring (bicyclic) bond motifs is 1. The van der Waals surface area contributed by atoms with Crippen molar-refractivity contribution in [1.82, 2.24) is 19.9 Å². The van der Waals surface area contributed by atoms with E-state index in [2.05, 4.69) is 25.3 Å². The molecule has 2 aromatic heterocycles. The number of ether oxygens (including phenoxy) is 1. The number of thioether (sulfide) groups is 1. The van der Waals surface area contributed by atoms with Gasteiger partial charge in [0, 0.05) is 0 Å². The highest BCUT2D eigenvalue weighted by Crippen LogP contribution is 2.25. The Morgan fingerprint density at radius 3 is 3.05 bits per heavy atom. The number of nitrogens with one attached hydrogen (secondary N) is 2. The summed E-state index contributed by atoms with van der Waals surface area (Å²) in [6, 6.07) is 7.27. The number of amides is 1. The van der Waals surface area contributed by atoms with E-state index in [1.165, 1.54) is 18.1 Å². The van der Waals surface area contributed by atoms with Gasteiger partial charge in [-0.05, 0) is 12.1 Å². The first-order valence-corrected chi connectivity index (χ1v) is 7.46. The predicted octanol–water partition coefficient (Wildman–Crippen LogP) is 2.09. The van der Waals surface area contributed by atoms with Gasteiger partial charge in [-0.1, -0.05) is 23.9 Å². The number of hydrogen-bond acceptors (Lipinski definition) is 6. The van der Waals surface area contributed by atoms with E-state index in [0.717, 1.165) is 5.52 Å². The second-order valence-electron chi connectivity index (χ2n) is 4.32. The van der Waals surface area contributed by atoms with E-state index in [4.69, 9.17) is 4.74 Å². The number of hydrogen-bond donors (Lipinski definition) is 2. The van der Waals surface area contributed by atoms with Crippen LogP contribution in [0.5, 0.6) is 5.75 Å². The van der Waals surface area contributed by atoms with Crippen molar-refractivity contribution < 1.29 is 9.53 Å². The van der Waals surface area contributed by atoms with Gasteiger partial charge in [0.05, 0.1) is 24.9 Å². The molecule has 0 unspecified atom stereocenters. The van der Waals surface area contributed by atoms with Gasteiger partial charge in [-0.25, -0.2) is 15.0 Å². The molecule has 8 heteroatoms. The number of anilines is 1. The lowest BCUT2D eigenvalue weighted by Gasteiger charge is -2.09. The third-order valence-corrected chi connectivity index (χ3v) is 3.90. The van der Waals surface area contributed by atoms with Crippen molar-refractivity contribution >= 4 is 34.5 Å². The molecule has 0 saturated heterocycles. The first-order valence-electron chi connectivity index (χ1n) is 6.47. The van der Waals surface area contributed by atoms with E-state index >= 15 is 0 Å². The number of carbonyl (C=O) groups excluding carboxylic acids is 1. The maximum absolute atomic E-state index is 12.1. The quantitative estimate of drug-likeness (QED) is 0.553. The number of nitrogens with zero attached hydrogens (tertiary/aromatic N) is 3. The number of para-hydroxylation sites is 2. The fourth-order valence-corrected chi connectivity index (χ4v) is 2.68. The second-order valence-corrected chi connectivity index (χ2v) is 5.28. The molecule has 0 saturated carbocycles. The summed E-state index contributed by atoms with van der Waals surface area (Å²) in [7, 11) is 1.57. The number of rotatable bonds is 5. The molecule has 0 aliphatic rings. The third-order valence-electron chi connectivity index (χ3n) is 2.91. The summed E-state index contributed by atoms with van der Waals surface area (Å²) in [5.74, 6) is 0.711. The van der Waals surface area contributed by atoms with Gasteiger partial charge >= 0.3 is 0 Å². The van der Waals surface area contributed by atoms with Crippen LogP contribution in [0.15, 0.2) is 41.9 Å². The van der Waals surface area contributed by atoms with Crippen LogP contribution in [-0.4, -0.2) is 38.7 Å². The molecule has 0 bridgehead atoms. The topological polar surface area (TPSA) is 92.8 Å². The van der Waals surface area contributed by atoms with Gasteiger partial charge in [0.15, 0.2) is 5.65 Å². The van der Waals surface area contributed by atoms with E-state index in [0.29, 0.717) is 22.1 Å². The molecule has 112 valence electrons. The second kappa shape index (κ2) is 6.44. The molecule has 0 radical (unpaired) electrons. The number of aromatic nitrogens is 4. The van der Waals surface area contributed by atoms with Crippen molar-refractivity contribution in [1.29, 1.82) is 0 Å². The summed E-state index contributed by atoms with van der Waals surface area (Å²) in [5, 5.41) is 3.51. The molecule has 0 aliphatic heterocycles. The van der Waals surface area contributed by atoms with Crippen molar-refractivity contribution in [2.75, 3.05) is 18.2 Å². The van der Waals surface area contributed by atoms with Crippen LogP contribution in [0.2, 0.25) is 0 Å². The zero-order valence-corrected chi connectivity index (χ0v) is 12.6. The first-order chi connectivity index (χ1) is 10.8. The third kappa shape index (κ3) is 3.01. The van der Waals surface area contributed by atoms with Gasteiger partial charge in [0.25, 0.3) is 0 Å². The Hall–Kier alpha value is -2.61. The van der Waals surface area contributed by atoms with Gasteiger partial charge in [0.2, 0.25) is 5.91 Å². The Labute approximate surface area is 130 Å². The predicted molar refractivity (Wildman–Crippen MR) is 84.0 cm³/mol. The average Bonchev–Trinajstić information content (AvgIpc) is 3.02. The Morgan fingerprint density at radius 2 is 2.18 bits per heavy atom. The van der Waals surface area contributed by atoms with Gasteiger partial charge < -0.3 is 15.0 Å². The Bertz CT molecular complexity index is 805. The fraction of sp³-hybridized carbons (Fsp3) is 0.143. The number of H-pyrrole nitrogens is 1. The molecule has 0 spiro atoms. The van der Waals surface area contributed by atoms with Gasteiger partial charge in [0.1, 0.15) is 22.6 Å². The molecular formula is C14H13N5O2S. The summed E-state index contributed by atoms with van der Waals surface area (Å²) in [6.45, 7) is 0. The summed E-state index contributed by atoms with van der Waals surface area (Å²) < 4.78 is 5.20. The minimum Gasteiger partial charge on any atom is -0.495 e. The summed E-state index contributed by atoms with van der Waals surface area (Å²) in [6.07, 6.45) is 2.99. The zero-order valence-electron chi connectivity index (χ0n) is 11.7. The minimum atomic E-state index is -0.138. The molecule has 3 rings (SSSR count). The summed E-state index contributed by atoms with van der Waals surface area (Å²) in [4.78, 5) is 27.3. The van der Waals surface area contributed by atoms with Crippen molar-refractivity contribution in [3.63, 3.8) is 0 Å². The molecule has 1 aromatic carbocycles. The van der Waals surface area contributed by atoms with Crippen molar-refractivity contribution in [3.05, 3.63) is 36.9 Å². The Kier molecular flexibility index (Phi) is 4.19. The maximum Gasteiger partial charge on any atom is 0.234 e. The van der Waals surface area contributed by atoms with Crippen LogP contribution in [0.3, 0.4) is 0 Å².